The van der Waals surface area contributed by atoms with E-state index in [-0.39, 0.29) is 17.8 Å². The van der Waals surface area contributed by atoms with Crippen molar-refractivity contribution >= 4 is 11.9 Å². The number of hydrogen-bond donors (Lipinski definition) is 2. The van der Waals surface area contributed by atoms with Gasteiger partial charge in [0, 0.05) is 18.8 Å². The molecule has 5 rings (SSSR count). The fraction of sp³-hybridized carbons (Fsp3) is 0.333. The second-order valence-electron chi connectivity index (χ2n) is 9.33. The summed E-state index contributed by atoms with van der Waals surface area (Å²) in [6.45, 7) is 2.17. The summed E-state index contributed by atoms with van der Waals surface area (Å²) in [7, 11) is 1.79. The third-order valence-electron chi connectivity index (χ3n) is 6.71. The maximum absolute atomic E-state index is 14.2. The highest BCUT2D eigenvalue weighted by Crippen LogP contribution is 2.30. The Balaban J connectivity index is 1.31. The number of anilines is 1. The lowest BCUT2D eigenvalue weighted by Gasteiger charge is -2.27. The van der Waals surface area contributed by atoms with Crippen molar-refractivity contribution in [2.24, 2.45) is 13.0 Å². The quantitative estimate of drug-likeness (QED) is 0.349. The van der Waals surface area contributed by atoms with Crippen LogP contribution in [0.3, 0.4) is 0 Å². The molecule has 0 aliphatic heterocycles. The number of benzene rings is 1. The molecule has 0 spiro atoms. The molecular formula is C27H28FN7O3. The Bertz CT molecular complexity index is 1460. The van der Waals surface area contributed by atoms with Crippen LogP contribution in [0.2, 0.25) is 0 Å². The van der Waals surface area contributed by atoms with Crippen LogP contribution in [0.25, 0.3) is 22.6 Å². The predicted molar refractivity (Wildman–Crippen MR) is 138 cm³/mol. The lowest BCUT2D eigenvalue weighted by Crippen LogP contribution is -2.29. The molecule has 0 saturated heterocycles. The van der Waals surface area contributed by atoms with E-state index in [2.05, 4.69) is 25.6 Å². The number of pyridine rings is 1. The van der Waals surface area contributed by atoms with Gasteiger partial charge in [0.1, 0.15) is 17.3 Å². The molecule has 2 atom stereocenters. The Morgan fingerprint density at radius 2 is 2.00 bits per heavy atom. The van der Waals surface area contributed by atoms with E-state index in [0.717, 1.165) is 18.5 Å². The standard InChI is InChI=1S/C27H28FN7O3/c1-16-24(38-18-7-5-6-17(14-18)26(36)37)11-10-22(31-16)25-23(35(2)34-33-25)15-30-27-29-13-12-21(32-27)19-8-3-4-9-20(19)28/h3-4,8-13,17-18H,5-7,14-15H2,1-2H3,(H,36,37)(H,29,30,32)/t17-,18-/m0/s1. The first-order valence-corrected chi connectivity index (χ1v) is 12.5. The fourth-order valence-electron chi connectivity index (χ4n) is 4.66. The Labute approximate surface area is 218 Å². The van der Waals surface area contributed by atoms with E-state index in [0.29, 0.717) is 59.4 Å². The molecule has 2 N–H and O–H groups in total. The SMILES string of the molecule is Cc1nc(-c2nnn(C)c2CNc2nccc(-c3ccccc3F)n2)ccc1O[C@H]1CCC[C@H](C(=O)O)C1. The maximum Gasteiger partial charge on any atom is 0.306 e. The van der Waals surface area contributed by atoms with Gasteiger partial charge in [-0.3, -0.25) is 4.79 Å². The smallest absolute Gasteiger partial charge is 0.306 e. The molecule has 0 bridgehead atoms. The van der Waals surface area contributed by atoms with E-state index in [9.17, 15) is 14.3 Å². The number of aryl methyl sites for hydroxylation is 2. The van der Waals surface area contributed by atoms with Gasteiger partial charge in [0.25, 0.3) is 0 Å². The Kier molecular flexibility index (Phi) is 7.25. The highest BCUT2D eigenvalue weighted by Gasteiger charge is 2.28. The third kappa shape index (κ3) is 5.46. The summed E-state index contributed by atoms with van der Waals surface area (Å²) in [5.41, 5.74) is 3.56. The molecule has 0 radical (unpaired) electrons. The van der Waals surface area contributed by atoms with Crippen molar-refractivity contribution in [3.05, 3.63) is 65.9 Å². The number of carboxylic acid groups (broad SMARTS) is 1. The minimum atomic E-state index is -0.767. The molecule has 1 aromatic carbocycles. The molecule has 3 heterocycles. The summed E-state index contributed by atoms with van der Waals surface area (Å²) in [6.07, 6.45) is 4.27. The monoisotopic (exact) mass is 517 g/mol. The summed E-state index contributed by atoms with van der Waals surface area (Å²) < 4.78 is 22.0. The second kappa shape index (κ2) is 10.9. The Hall–Kier alpha value is -4.41. The number of carbonyl (C=O) groups is 1. The normalized spacial score (nSPS) is 17.2. The van der Waals surface area contributed by atoms with Gasteiger partial charge >= 0.3 is 5.97 Å². The van der Waals surface area contributed by atoms with Gasteiger partial charge < -0.3 is 15.2 Å². The van der Waals surface area contributed by atoms with E-state index in [1.807, 2.05) is 19.1 Å². The average molecular weight is 518 g/mol. The van der Waals surface area contributed by atoms with Gasteiger partial charge in [-0.05, 0) is 62.9 Å². The molecule has 1 saturated carbocycles. The maximum atomic E-state index is 14.2. The van der Waals surface area contributed by atoms with Crippen LogP contribution in [0.5, 0.6) is 5.75 Å². The molecule has 0 unspecified atom stereocenters. The van der Waals surface area contributed by atoms with Gasteiger partial charge in [0.05, 0.1) is 41.3 Å². The van der Waals surface area contributed by atoms with E-state index < -0.39 is 5.97 Å². The van der Waals surface area contributed by atoms with E-state index >= 15 is 0 Å². The molecule has 4 aromatic rings. The van der Waals surface area contributed by atoms with E-state index in [1.165, 1.54) is 6.07 Å². The number of aliphatic carboxylic acids is 1. The Morgan fingerprint density at radius 3 is 2.79 bits per heavy atom. The summed E-state index contributed by atoms with van der Waals surface area (Å²) in [6, 6.07) is 11.8. The molecule has 10 nitrogen and oxygen atoms in total. The average Bonchev–Trinajstić information content (AvgIpc) is 3.29. The zero-order valence-electron chi connectivity index (χ0n) is 21.1. The lowest BCUT2D eigenvalue weighted by molar-refractivity contribution is -0.143. The number of hydrogen-bond acceptors (Lipinski definition) is 8. The first-order chi connectivity index (χ1) is 18.4. The van der Waals surface area contributed by atoms with Crippen LogP contribution in [0.4, 0.5) is 10.3 Å². The number of ether oxygens (including phenoxy) is 1. The zero-order valence-corrected chi connectivity index (χ0v) is 21.1. The summed E-state index contributed by atoms with van der Waals surface area (Å²) in [4.78, 5) is 24.8. The fourth-order valence-corrected chi connectivity index (χ4v) is 4.66. The lowest BCUT2D eigenvalue weighted by atomic mass is 9.87. The predicted octanol–water partition coefficient (Wildman–Crippen LogP) is 4.42. The molecule has 1 fully saturated rings. The first-order valence-electron chi connectivity index (χ1n) is 12.5. The van der Waals surface area contributed by atoms with Crippen molar-refractivity contribution in [1.29, 1.82) is 0 Å². The van der Waals surface area contributed by atoms with Crippen molar-refractivity contribution in [3.63, 3.8) is 0 Å². The van der Waals surface area contributed by atoms with Crippen molar-refractivity contribution in [2.75, 3.05) is 5.32 Å². The van der Waals surface area contributed by atoms with Crippen molar-refractivity contribution < 1.29 is 19.0 Å². The zero-order chi connectivity index (χ0) is 26.6. The van der Waals surface area contributed by atoms with Crippen LogP contribution >= 0.6 is 0 Å². The molecule has 3 aromatic heterocycles. The van der Waals surface area contributed by atoms with Crippen LogP contribution in [-0.4, -0.2) is 47.1 Å². The molecule has 38 heavy (non-hydrogen) atoms. The van der Waals surface area contributed by atoms with Crippen LogP contribution in [0.15, 0.2) is 48.7 Å². The Morgan fingerprint density at radius 1 is 1.16 bits per heavy atom. The van der Waals surface area contributed by atoms with Gasteiger partial charge in [-0.15, -0.1) is 5.10 Å². The molecule has 196 valence electrons. The molecular weight excluding hydrogens is 489 g/mol. The summed E-state index contributed by atoms with van der Waals surface area (Å²) >= 11 is 0. The largest absolute Gasteiger partial charge is 0.489 e. The second-order valence-corrected chi connectivity index (χ2v) is 9.33. The van der Waals surface area contributed by atoms with E-state index in [1.54, 1.807) is 42.2 Å². The van der Waals surface area contributed by atoms with Crippen LogP contribution in [0, 0.1) is 18.7 Å². The van der Waals surface area contributed by atoms with Gasteiger partial charge in [-0.2, -0.15) is 0 Å². The van der Waals surface area contributed by atoms with Crippen molar-refractivity contribution in [3.8, 4) is 28.4 Å². The van der Waals surface area contributed by atoms with Gasteiger partial charge in [-0.25, -0.2) is 24.0 Å². The van der Waals surface area contributed by atoms with Crippen LogP contribution in [-0.2, 0) is 18.4 Å². The topological polar surface area (TPSA) is 128 Å². The minimum absolute atomic E-state index is 0.146. The van der Waals surface area contributed by atoms with Crippen molar-refractivity contribution in [2.45, 2.75) is 45.3 Å². The number of halogens is 1. The number of aromatic nitrogens is 6. The highest BCUT2D eigenvalue weighted by molar-refractivity contribution is 5.70. The van der Waals surface area contributed by atoms with Gasteiger partial charge in [-0.1, -0.05) is 17.3 Å². The number of carboxylic acids is 1. The van der Waals surface area contributed by atoms with Crippen LogP contribution in [0.1, 0.15) is 37.1 Å². The van der Waals surface area contributed by atoms with Gasteiger partial charge in [0.2, 0.25) is 5.95 Å². The summed E-state index contributed by atoms with van der Waals surface area (Å²) in [5, 5.41) is 21.0. The first kappa shape index (κ1) is 25.2. The highest BCUT2D eigenvalue weighted by atomic mass is 19.1. The molecule has 11 heteroatoms. The molecule has 1 aliphatic carbocycles. The minimum Gasteiger partial charge on any atom is -0.489 e. The van der Waals surface area contributed by atoms with Crippen LogP contribution < -0.4 is 10.1 Å². The third-order valence-corrected chi connectivity index (χ3v) is 6.71. The molecule has 0 amide bonds. The molecule has 1 aliphatic rings. The van der Waals surface area contributed by atoms with Gasteiger partial charge in [0.15, 0.2) is 0 Å². The number of nitrogens with zero attached hydrogens (tertiary/aromatic N) is 6. The number of rotatable bonds is 8. The van der Waals surface area contributed by atoms with Crippen molar-refractivity contribution in [1.82, 2.24) is 29.9 Å². The summed E-state index contributed by atoms with van der Waals surface area (Å²) in [5.74, 6) is -0.511. The van der Waals surface area contributed by atoms with E-state index in [4.69, 9.17) is 9.72 Å². The number of nitrogens with one attached hydrogen (secondary N) is 1.